The quantitative estimate of drug-likeness (QED) is 0.500. The maximum Gasteiger partial charge on any atom is -0.00234 e. The Morgan fingerprint density at radius 2 is 1.89 bits per heavy atom. The molecule has 0 atom stereocenters. The zero-order valence-electron chi connectivity index (χ0n) is 5.86. The lowest BCUT2D eigenvalue weighted by molar-refractivity contribution is 0.669. The Labute approximate surface area is 61.7 Å². The minimum atomic E-state index is 1.25. The lowest BCUT2D eigenvalue weighted by atomic mass is 10.1. The summed E-state index contributed by atoms with van der Waals surface area (Å²) in [6, 6.07) is 0. The SMILES string of the molecule is C=C1CCCCCCS1. The highest BCUT2D eigenvalue weighted by Crippen LogP contribution is 2.24. The van der Waals surface area contributed by atoms with Crippen LogP contribution in [0.2, 0.25) is 0 Å². The standard InChI is InChI=1S/C8H14S/c1-8-6-4-2-3-5-7-9-8/h1-7H2. The summed E-state index contributed by atoms with van der Waals surface area (Å²) >= 11 is 1.96. The van der Waals surface area contributed by atoms with Crippen molar-refractivity contribution in [3.05, 3.63) is 11.5 Å². The van der Waals surface area contributed by atoms with E-state index in [9.17, 15) is 0 Å². The molecule has 1 aliphatic rings. The molecule has 1 heterocycles. The first-order valence-corrected chi connectivity index (χ1v) is 4.69. The van der Waals surface area contributed by atoms with Gasteiger partial charge in [0, 0.05) is 0 Å². The van der Waals surface area contributed by atoms with E-state index in [4.69, 9.17) is 0 Å². The molecule has 9 heavy (non-hydrogen) atoms. The molecule has 1 fully saturated rings. The third-order valence-corrected chi connectivity index (χ3v) is 2.76. The molecule has 0 saturated carbocycles. The number of thioether (sulfide) groups is 1. The van der Waals surface area contributed by atoms with Crippen molar-refractivity contribution in [2.45, 2.75) is 32.1 Å². The van der Waals surface area contributed by atoms with Crippen molar-refractivity contribution in [1.29, 1.82) is 0 Å². The van der Waals surface area contributed by atoms with Crippen molar-refractivity contribution in [2.24, 2.45) is 0 Å². The zero-order valence-corrected chi connectivity index (χ0v) is 6.67. The van der Waals surface area contributed by atoms with Gasteiger partial charge in [-0.05, 0) is 29.9 Å². The van der Waals surface area contributed by atoms with Crippen LogP contribution < -0.4 is 0 Å². The second kappa shape index (κ2) is 3.99. The molecule has 1 heteroatoms. The average molecular weight is 142 g/mol. The summed E-state index contributed by atoms with van der Waals surface area (Å²) in [4.78, 5) is 1.40. The number of allylic oxidation sites excluding steroid dienone is 1. The third-order valence-electron chi connectivity index (χ3n) is 1.66. The average Bonchev–Trinajstić information content (AvgIpc) is 1.79. The van der Waals surface area contributed by atoms with Crippen LogP contribution in [0.1, 0.15) is 32.1 Å². The molecule has 0 radical (unpaired) electrons. The van der Waals surface area contributed by atoms with Gasteiger partial charge in [0.1, 0.15) is 0 Å². The highest BCUT2D eigenvalue weighted by atomic mass is 32.2. The molecule has 0 aromatic heterocycles. The van der Waals surface area contributed by atoms with E-state index < -0.39 is 0 Å². The molecule has 1 aliphatic heterocycles. The Morgan fingerprint density at radius 1 is 1.11 bits per heavy atom. The van der Waals surface area contributed by atoms with Gasteiger partial charge in [-0.2, -0.15) is 0 Å². The predicted molar refractivity (Wildman–Crippen MR) is 44.7 cm³/mol. The summed E-state index contributed by atoms with van der Waals surface area (Å²) in [6.07, 6.45) is 6.86. The summed E-state index contributed by atoms with van der Waals surface area (Å²) in [7, 11) is 0. The van der Waals surface area contributed by atoms with Gasteiger partial charge in [-0.1, -0.05) is 19.4 Å². The van der Waals surface area contributed by atoms with E-state index in [0.29, 0.717) is 0 Å². The van der Waals surface area contributed by atoms with Gasteiger partial charge in [0.2, 0.25) is 0 Å². The van der Waals surface area contributed by atoms with E-state index in [1.54, 1.807) is 0 Å². The first-order valence-electron chi connectivity index (χ1n) is 3.70. The Balaban J connectivity index is 2.20. The summed E-state index contributed by atoms with van der Waals surface area (Å²) in [5.41, 5.74) is 0. The maximum atomic E-state index is 3.98. The molecule has 0 bridgehead atoms. The first-order chi connectivity index (χ1) is 4.39. The Kier molecular flexibility index (Phi) is 3.20. The number of hydrogen-bond acceptors (Lipinski definition) is 1. The second-order valence-corrected chi connectivity index (χ2v) is 3.83. The Bertz CT molecular complexity index is 86.7. The molecule has 0 nitrogen and oxygen atoms in total. The van der Waals surface area contributed by atoms with E-state index in [-0.39, 0.29) is 0 Å². The molecule has 1 saturated heterocycles. The van der Waals surface area contributed by atoms with Gasteiger partial charge in [0.25, 0.3) is 0 Å². The fraction of sp³-hybridized carbons (Fsp3) is 0.750. The lowest BCUT2D eigenvalue weighted by Gasteiger charge is -2.08. The Hall–Kier alpha value is 0.0900. The van der Waals surface area contributed by atoms with Gasteiger partial charge in [-0.3, -0.25) is 0 Å². The normalized spacial score (nSPS) is 22.9. The van der Waals surface area contributed by atoms with Gasteiger partial charge < -0.3 is 0 Å². The minimum Gasteiger partial charge on any atom is -0.131 e. The molecule has 0 aliphatic carbocycles. The van der Waals surface area contributed by atoms with Crippen LogP contribution in [0.25, 0.3) is 0 Å². The molecule has 0 aromatic rings. The zero-order chi connectivity index (χ0) is 6.53. The predicted octanol–water partition coefficient (Wildman–Crippen LogP) is 3.20. The largest absolute Gasteiger partial charge is 0.131 e. The van der Waals surface area contributed by atoms with Crippen LogP contribution in [-0.2, 0) is 0 Å². The molecule has 0 aromatic carbocycles. The van der Waals surface area contributed by atoms with Crippen LogP contribution in [0.4, 0.5) is 0 Å². The summed E-state index contributed by atoms with van der Waals surface area (Å²) in [5.74, 6) is 1.30. The number of rotatable bonds is 0. The van der Waals surface area contributed by atoms with E-state index in [2.05, 4.69) is 6.58 Å². The van der Waals surface area contributed by atoms with E-state index in [1.807, 2.05) is 11.8 Å². The topological polar surface area (TPSA) is 0 Å². The number of hydrogen-bond donors (Lipinski definition) is 0. The monoisotopic (exact) mass is 142 g/mol. The fourth-order valence-electron chi connectivity index (χ4n) is 1.07. The second-order valence-electron chi connectivity index (χ2n) is 2.55. The fourth-order valence-corrected chi connectivity index (χ4v) is 1.99. The van der Waals surface area contributed by atoms with Crippen molar-refractivity contribution < 1.29 is 0 Å². The molecule has 0 unspecified atom stereocenters. The summed E-state index contributed by atoms with van der Waals surface area (Å²) in [6.45, 7) is 3.98. The van der Waals surface area contributed by atoms with Crippen molar-refractivity contribution in [3.8, 4) is 0 Å². The van der Waals surface area contributed by atoms with Gasteiger partial charge in [0.05, 0.1) is 0 Å². The van der Waals surface area contributed by atoms with Crippen molar-refractivity contribution >= 4 is 11.8 Å². The minimum absolute atomic E-state index is 1.25. The molecule has 0 spiro atoms. The molecule has 0 N–H and O–H groups in total. The van der Waals surface area contributed by atoms with Crippen LogP contribution in [0.5, 0.6) is 0 Å². The maximum absolute atomic E-state index is 3.98. The molecular weight excluding hydrogens is 128 g/mol. The molecular formula is C8H14S. The van der Waals surface area contributed by atoms with E-state index in [1.165, 1.54) is 42.8 Å². The van der Waals surface area contributed by atoms with Crippen molar-refractivity contribution in [2.75, 3.05) is 5.75 Å². The van der Waals surface area contributed by atoms with Gasteiger partial charge in [-0.15, -0.1) is 11.8 Å². The highest BCUT2D eigenvalue weighted by molar-refractivity contribution is 8.03. The Morgan fingerprint density at radius 3 is 2.78 bits per heavy atom. The highest BCUT2D eigenvalue weighted by Gasteiger charge is 1.99. The van der Waals surface area contributed by atoms with Crippen LogP contribution in [0, 0.1) is 0 Å². The van der Waals surface area contributed by atoms with Gasteiger partial charge in [0.15, 0.2) is 0 Å². The van der Waals surface area contributed by atoms with Crippen LogP contribution in [0.3, 0.4) is 0 Å². The first kappa shape index (κ1) is 7.20. The van der Waals surface area contributed by atoms with Crippen LogP contribution >= 0.6 is 11.8 Å². The van der Waals surface area contributed by atoms with Crippen molar-refractivity contribution in [3.63, 3.8) is 0 Å². The van der Waals surface area contributed by atoms with E-state index in [0.717, 1.165) is 0 Å². The van der Waals surface area contributed by atoms with E-state index >= 15 is 0 Å². The smallest absolute Gasteiger partial charge is 0.00234 e. The van der Waals surface area contributed by atoms with Gasteiger partial charge >= 0.3 is 0 Å². The third kappa shape index (κ3) is 2.95. The molecule has 1 rings (SSSR count). The molecule has 52 valence electrons. The summed E-state index contributed by atoms with van der Waals surface area (Å²) in [5, 5.41) is 0. The van der Waals surface area contributed by atoms with Gasteiger partial charge in [-0.25, -0.2) is 0 Å². The summed E-state index contributed by atoms with van der Waals surface area (Å²) < 4.78 is 0. The molecule has 0 amide bonds. The van der Waals surface area contributed by atoms with Crippen LogP contribution in [0.15, 0.2) is 11.5 Å². The lowest BCUT2D eigenvalue weighted by Crippen LogP contribution is -1.88. The van der Waals surface area contributed by atoms with Crippen LogP contribution in [-0.4, -0.2) is 5.75 Å². The van der Waals surface area contributed by atoms with Crippen molar-refractivity contribution in [1.82, 2.24) is 0 Å².